The van der Waals surface area contributed by atoms with Crippen molar-refractivity contribution < 1.29 is 0 Å². The predicted octanol–water partition coefficient (Wildman–Crippen LogP) is 3.96. The van der Waals surface area contributed by atoms with Gasteiger partial charge in [-0.25, -0.2) is 9.50 Å². The van der Waals surface area contributed by atoms with Crippen molar-refractivity contribution in [2.24, 2.45) is 0 Å². The third kappa shape index (κ3) is 1.99. The minimum Gasteiger partial charge on any atom is -0.233 e. The van der Waals surface area contributed by atoms with Crippen molar-refractivity contribution in [3.63, 3.8) is 0 Å². The molecule has 3 nitrogen and oxygen atoms in total. The van der Waals surface area contributed by atoms with Gasteiger partial charge in [0.05, 0.1) is 6.20 Å². The average Bonchev–Trinajstić information content (AvgIpc) is 2.74. The predicted molar refractivity (Wildman–Crippen MR) is 80.9 cm³/mol. The molecule has 0 unspecified atom stereocenters. The van der Waals surface area contributed by atoms with Gasteiger partial charge in [0.15, 0.2) is 5.65 Å². The van der Waals surface area contributed by atoms with E-state index in [0.29, 0.717) is 0 Å². The van der Waals surface area contributed by atoms with Gasteiger partial charge >= 0.3 is 0 Å². The summed E-state index contributed by atoms with van der Waals surface area (Å²) in [7, 11) is 0. The van der Waals surface area contributed by atoms with E-state index in [1.807, 2.05) is 48.0 Å². The van der Waals surface area contributed by atoms with E-state index in [0.717, 1.165) is 31.2 Å². The fraction of sp³-hybridized carbons (Fsp3) is 0.0769. The van der Waals surface area contributed by atoms with Crippen molar-refractivity contribution in [3.8, 4) is 11.1 Å². The Bertz CT molecular complexity index is 719. The first-order chi connectivity index (χ1) is 8.65. The molecular formula is C13H9ClIN3. The molecule has 0 aliphatic heterocycles. The topological polar surface area (TPSA) is 30.2 Å². The summed E-state index contributed by atoms with van der Waals surface area (Å²) in [6, 6.07) is 9.72. The maximum atomic E-state index is 5.90. The lowest BCUT2D eigenvalue weighted by Gasteiger charge is -2.02. The van der Waals surface area contributed by atoms with Gasteiger partial charge in [-0.3, -0.25) is 0 Å². The standard InChI is InChI=1S/C13H9ClIN3/c1-8-6-12(15)18-13(17-8)11(7-16-18)9-2-4-10(14)5-3-9/h2-7H,1H3. The van der Waals surface area contributed by atoms with E-state index in [2.05, 4.69) is 32.7 Å². The van der Waals surface area contributed by atoms with E-state index in [-0.39, 0.29) is 0 Å². The third-order valence-electron chi connectivity index (χ3n) is 2.71. The smallest absolute Gasteiger partial charge is 0.164 e. The number of fused-ring (bicyclic) bond motifs is 1. The number of halogens is 2. The molecule has 3 rings (SSSR count). The van der Waals surface area contributed by atoms with Crippen LogP contribution in [0.1, 0.15) is 5.69 Å². The first-order valence-electron chi connectivity index (χ1n) is 5.42. The minimum absolute atomic E-state index is 0.731. The average molecular weight is 370 g/mol. The maximum absolute atomic E-state index is 5.90. The molecule has 2 aromatic heterocycles. The lowest BCUT2D eigenvalue weighted by Crippen LogP contribution is -1.97. The van der Waals surface area contributed by atoms with E-state index < -0.39 is 0 Å². The summed E-state index contributed by atoms with van der Waals surface area (Å²) < 4.78 is 2.90. The lowest BCUT2D eigenvalue weighted by atomic mass is 10.1. The molecule has 3 aromatic rings. The summed E-state index contributed by atoms with van der Waals surface area (Å²) >= 11 is 8.17. The number of aryl methyl sites for hydroxylation is 1. The summed E-state index contributed by atoms with van der Waals surface area (Å²) in [5.74, 6) is 0. The number of hydrogen-bond acceptors (Lipinski definition) is 2. The Morgan fingerprint density at radius 3 is 2.67 bits per heavy atom. The summed E-state index contributed by atoms with van der Waals surface area (Å²) in [4.78, 5) is 4.56. The second kappa shape index (κ2) is 4.51. The second-order valence-electron chi connectivity index (χ2n) is 4.02. The van der Waals surface area contributed by atoms with E-state index >= 15 is 0 Å². The Labute approximate surface area is 123 Å². The summed E-state index contributed by atoms with van der Waals surface area (Å²) in [5.41, 5.74) is 3.96. The maximum Gasteiger partial charge on any atom is 0.164 e. The van der Waals surface area contributed by atoms with Crippen LogP contribution in [0.2, 0.25) is 5.02 Å². The van der Waals surface area contributed by atoms with Crippen molar-refractivity contribution in [2.45, 2.75) is 6.92 Å². The van der Waals surface area contributed by atoms with Crippen LogP contribution in [-0.2, 0) is 0 Å². The molecule has 0 saturated carbocycles. The number of aromatic nitrogens is 3. The molecular weight excluding hydrogens is 361 g/mol. The molecule has 0 N–H and O–H groups in total. The monoisotopic (exact) mass is 369 g/mol. The van der Waals surface area contributed by atoms with Crippen LogP contribution in [0, 0.1) is 10.6 Å². The Kier molecular flexibility index (Phi) is 2.99. The zero-order valence-corrected chi connectivity index (χ0v) is 12.5. The minimum atomic E-state index is 0.731. The van der Waals surface area contributed by atoms with Crippen molar-refractivity contribution in [2.75, 3.05) is 0 Å². The summed E-state index contributed by atoms with van der Waals surface area (Å²) in [6.45, 7) is 1.99. The lowest BCUT2D eigenvalue weighted by molar-refractivity contribution is 0.902. The Morgan fingerprint density at radius 1 is 1.22 bits per heavy atom. The number of rotatable bonds is 1. The van der Waals surface area contributed by atoms with Crippen molar-refractivity contribution in [1.82, 2.24) is 14.6 Å². The second-order valence-corrected chi connectivity index (χ2v) is 5.56. The SMILES string of the molecule is Cc1cc(I)n2ncc(-c3ccc(Cl)cc3)c2n1. The van der Waals surface area contributed by atoms with Gasteiger partial charge in [-0.15, -0.1) is 0 Å². The highest BCUT2D eigenvalue weighted by molar-refractivity contribution is 14.1. The number of benzene rings is 1. The van der Waals surface area contributed by atoms with Crippen LogP contribution in [0.25, 0.3) is 16.8 Å². The molecule has 90 valence electrons. The van der Waals surface area contributed by atoms with Gasteiger partial charge in [0.2, 0.25) is 0 Å². The van der Waals surface area contributed by atoms with E-state index in [4.69, 9.17) is 11.6 Å². The number of nitrogens with zero attached hydrogens (tertiary/aromatic N) is 3. The normalized spacial score (nSPS) is 11.1. The van der Waals surface area contributed by atoms with Crippen LogP contribution in [0.3, 0.4) is 0 Å². The van der Waals surface area contributed by atoms with E-state index in [9.17, 15) is 0 Å². The van der Waals surface area contributed by atoms with E-state index in [1.165, 1.54) is 0 Å². The summed E-state index contributed by atoms with van der Waals surface area (Å²) in [5, 5.41) is 5.10. The largest absolute Gasteiger partial charge is 0.233 e. The van der Waals surface area contributed by atoms with Gasteiger partial charge in [0, 0.05) is 16.3 Å². The zero-order chi connectivity index (χ0) is 12.7. The van der Waals surface area contributed by atoms with E-state index in [1.54, 1.807) is 0 Å². The molecule has 2 heterocycles. The Hall–Kier alpha value is -1.14. The van der Waals surface area contributed by atoms with Crippen LogP contribution in [0.15, 0.2) is 36.5 Å². The van der Waals surface area contributed by atoms with Gasteiger partial charge in [0.25, 0.3) is 0 Å². The molecule has 0 fully saturated rings. The van der Waals surface area contributed by atoms with Crippen molar-refractivity contribution >= 4 is 39.8 Å². The molecule has 0 amide bonds. The Balaban J connectivity index is 2.27. The molecule has 5 heteroatoms. The molecule has 0 bridgehead atoms. The highest BCUT2D eigenvalue weighted by Crippen LogP contribution is 2.25. The molecule has 0 saturated heterocycles. The molecule has 18 heavy (non-hydrogen) atoms. The first-order valence-corrected chi connectivity index (χ1v) is 6.87. The van der Waals surface area contributed by atoms with Gasteiger partial charge in [-0.2, -0.15) is 5.10 Å². The molecule has 1 aromatic carbocycles. The first kappa shape index (κ1) is 11.9. The highest BCUT2D eigenvalue weighted by atomic mass is 127. The fourth-order valence-corrected chi connectivity index (χ4v) is 2.80. The van der Waals surface area contributed by atoms with Crippen LogP contribution < -0.4 is 0 Å². The van der Waals surface area contributed by atoms with Gasteiger partial charge in [-0.05, 0) is 53.3 Å². The molecule has 0 radical (unpaired) electrons. The molecule has 0 spiro atoms. The van der Waals surface area contributed by atoms with Crippen molar-refractivity contribution in [3.05, 3.63) is 50.9 Å². The molecule has 0 aliphatic carbocycles. The van der Waals surface area contributed by atoms with Crippen LogP contribution in [-0.4, -0.2) is 14.6 Å². The van der Waals surface area contributed by atoms with Gasteiger partial charge < -0.3 is 0 Å². The van der Waals surface area contributed by atoms with Crippen LogP contribution in [0.5, 0.6) is 0 Å². The van der Waals surface area contributed by atoms with Crippen LogP contribution >= 0.6 is 34.2 Å². The summed E-state index contributed by atoms with van der Waals surface area (Å²) in [6.07, 6.45) is 1.84. The van der Waals surface area contributed by atoms with Gasteiger partial charge in [0.1, 0.15) is 3.70 Å². The van der Waals surface area contributed by atoms with Crippen LogP contribution in [0.4, 0.5) is 0 Å². The van der Waals surface area contributed by atoms with Gasteiger partial charge in [-0.1, -0.05) is 23.7 Å². The Morgan fingerprint density at radius 2 is 1.94 bits per heavy atom. The third-order valence-corrected chi connectivity index (χ3v) is 3.73. The molecule has 0 atom stereocenters. The van der Waals surface area contributed by atoms with Crippen molar-refractivity contribution in [1.29, 1.82) is 0 Å². The zero-order valence-electron chi connectivity index (χ0n) is 9.56. The quantitative estimate of drug-likeness (QED) is 0.480. The molecule has 0 aliphatic rings. The fourth-order valence-electron chi connectivity index (χ4n) is 1.87. The number of hydrogen-bond donors (Lipinski definition) is 0. The highest BCUT2D eigenvalue weighted by Gasteiger charge is 2.10.